The number of nitrogens with one attached hydrogen (secondary N) is 4. The molecule has 0 radical (unpaired) electrons. The Morgan fingerprint density at radius 2 is 1.70 bits per heavy atom. The normalized spacial score (nSPS) is 13.7. The van der Waals surface area contributed by atoms with E-state index in [1.165, 1.54) is 0 Å². The number of nitrogens with zero attached hydrogens (tertiary/aromatic N) is 3. The Balaban J connectivity index is 1.17. The Labute approximate surface area is 232 Å². The number of aromatic nitrogens is 4. The molecule has 9 heteroatoms. The summed E-state index contributed by atoms with van der Waals surface area (Å²) in [5.41, 5.74) is 4.93. The Hall–Kier alpha value is -4.76. The summed E-state index contributed by atoms with van der Waals surface area (Å²) in [6, 6.07) is 25.0. The molecule has 9 nitrogen and oxygen atoms in total. The molecule has 202 valence electrons. The highest BCUT2D eigenvalue weighted by molar-refractivity contribution is 5.94. The summed E-state index contributed by atoms with van der Waals surface area (Å²) in [7, 11) is 0. The summed E-state index contributed by atoms with van der Waals surface area (Å²) in [4.78, 5) is 29.8. The number of aromatic amines is 1. The van der Waals surface area contributed by atoms with Crippen molar-refractivity contribution in [2.24, 2.45) is 5.92 Å². The van der Waals surface area contributed by atoms with Crippen LogP contribution in [0.5, 0.6) is 5.88 Å². The third kappa shape index (κ3) is 6.10. The number of piperidine rings is 1. The van der Waals surface area contributed by atoms with Crippen LogP contribution in [0.1, 0.15) is 29.0 Å². The lowest BCUT2D eigenvalue weighted by Gasteiger charge is -2.23. The van der Waals surface area contributed by atoms with E-state index < -0.39 is 0 Å². The molecule has 4 N–H and O–H groups in total. The Kier molecular flexibility index (Phi) is 7.63. The van der Waals surface area contributed by atoms with Crippen molar-refractivity contribution in [3.63, 3.8) is 0 Å². The van der Waals surface area contributed by atoms with E-state index in [0.29, 0.717) is 42.3 Å². The molecule has 6 rings (SSSR count). The lowest BCUT2D eigenvalue weighted by atomic mass is 9.99. The minimum absolute atomic E-state index is 0.173. The number of H-pyrrole nitrogens is 1. The number of imidazole rings is 1. The molecule has 1 amide bonds. The van der Waals surface area contributed by atoms with Crippen molar-refractivity contribution in [1.29, 1.82) is 0 Å². The number of hydrogen-bond donors (Lipinski definition) is 4. The smallest absolute Gasteiger partial charge is 0.251 e. The van der Waals surface area contributed by atoms with Crippen LogP contribution in [-0.4, -0.2) is 45.5 Å². The molecule has 40 heavy (non-hydrogen) atoms. The molecular weight excluding hydrogens is 502 g/mol. The van der Waals surface area contributed by atoms with Crippen LogP contribution >= 0.6 is 0 Å². The van der Waals surface area contributed by atoms with Crippen LogP contribution in [0, 0.1) is 5.92 Å². The van der Waals surface area contributed by atoms with Gasteiger partial charge in [-0.2, -0.15) is 4.98 Å². The van der Waals surface area contributed by atoms with Gasteiger partial charge in [-0.25, -0.2) is 9.97 Å². The van der Waals surface area contributed by atoms with Crippen molar-refractivity contribution in [3.8, 4) is 17.0 Å². The fourth-order valence-corrected chi connectivity index (χ4v) is 4.79. The molecule has 0 atom stereocenters. The maximum atomic E-state index is 12.8. The third-order valence-corrected chi connectivity index (χ3v) is 7.01. The van der Waals surface area contributed by atoms with E-state index in [4.69, 9.17) is 9.72 Å². The number of anilines is 2. The van der Waals surface area contributed by atoms with Crippen molar-refractivity contribution >= 4 is 28.6 Å². The molecule has 3 heterocycles. The average Bonchev–Trinajstić information content (AvgIpc) is 3.43. The maximum Gasteiger partial charge on any atom is 0.251 e. The van der Waals surface area contributed by atoms with Gasteiger partial charge >= 0.3 is 0 Å². The Morgan fingerprint density at radius 1 is 0.925 bits per heavy atom. The number of fused-ring (bicyclic) bond motifs is 1. The van der Waals surface area contributed by atoms with Crippen molar-refractivity contribution in [3.05, 3.63) is 96.4 Å². The average molecular weight is 534 g/mol. The predicted molar refractivity (Wildman–Crippen MR) is 156 cm³/mol. The second-order valence-electron chi connectivity index (χ2n) is 9.87. The van der Waals surface area contributed by atoms with Crippen molar-refractivity contribution in [2.75, 3.05) is 25.0 Å². The molecule has 3 aromatic carbocycles. The molecule has 0 saturated carbocycles. The van der Waals surface area contributed by atoms with Crippen LogP contribution in [-0.2, 0) is 6.54 Å². The van der Waals surface area contributed by atoms with Crippen LogP contribution in [0.2, 0.25) is 0 Å². The van der Waals surface area contributed by atoms with Crippen LogP contribution in [0.25, 0.3) is 22.2 Å². The zero-order chi connectivity index (χ0) is 27.1. The van der Waals surface area contributed by atoms with E-state index in [0.717, 1.165) is 53.8 Å². The van der Waals surface area contributed by atoms with Gasteiger partial charge in [-0.1, -0.05) is 42.5 Å². The van der Waals surface area contributed by atoms with Gasteiger partial charge in [0.1, 0.15) is 5.82 Å². The summed E-state index contributed by atoms with van der Waals surface area (Å²) >= 11 is 0. The number of carbonyl (C=O) groups is 1. The van der Waals surface area contributed by atoms with E-state index in [-0.39, 0.29) is 5.91 Å². The monoisotopic (exact) mass is 533 g/mol. The first-order chi connectivity index (χ1) is 19.7. The summed E-state index contributed by atoms with van der Waals surface area (Å²) < 4.78 is 6.29. The van der Waals surface area contributed by atoms with E-state index in [1.807, 2.05) is 66.7 Å². The molecule has 5 aromatic rings. The Bertz CT molecular complexity index is 1550. The molecule has 0 bridgehead atoms. The number of hydrogen-bond acceptors (Lipinski definition) is 7. The van der Waals surface area contributed by atoms with Gasteiger partial charge in [0.05, 0.1) is 29.7 Å². The van der Waals surface area contributed by atoms with Crippen molar-refractivity contribution in [2.45, 2.75) is 19.4 Å². The highest BCUT2D eigenvalue weighted by Crippen LogP contribution is 2.30. The lowest BCUT2D eigenvalue weighted by Crippen LogP contribution is -2.30. The molecule has 1 aliphatic rings. The minimum atomic E-state index is -0.173. The minimum Gasteiger partial charge on any atom is -0.477 e. The van der Waals surface area contributed by atoms with E-state index in [2.05, 4.69) is 30.9 Å². The van der Waals surface area contributed by atoms with Crippen molar-refractivity contribution < 1.29 is 9.53 Å². The van der Waals surface area contributed by atoms with Gasteiger partial charge in [0.2, 0.25) is 11.8 Å². The van der Waals surface area contributed by atoms with Gasteiger partial charge in [-0.05, 0) is 73.8 Å². The number of para-hydroxylation sites is 3. The van der Waals surface area contributed by atoms with Gasteiger partial charge in [0.25, 0.3) is 5.91 Å². The van der Waals surface area contributed by atoms with E-state index in [9.17, 15) is 4.79 Å². The maximum absolute atomic E-state index is 12.8. The molecular formula is C31H31N7O2. The van der Waals surface area contributed by atoms with Crippen LogP contribution in [0.3, 0.4) is 0 Å². The first-order valence-corrected chi connectivity index (χ1v) is 13.6. The molecule has 0 unspecified atom stereocenters. The standard InChI is InChI=1S/C31H31N7O2/c39-29(33-19-28-36-26-8-4-5-9-27(26)37-28)23-12-10-22(11-13-23)25-18-34-31(35-24-6-2-1-3-7-24)38-30(25)40-20-21-14-16-32-17-15-21/h1-13,18,21,32H,14-17,19-20H2,(H,33,39)(H,36,37)(H,34,35,38). The predicted octanol–water partition coefficient (Wildman–Crippen LogP) is 5.07. The lowest BCUT2D eigenvalue weighted by molar-refractivity contribution is 0.0950. The SMILES string of the molecule is O=C(NCc1nc2ccccc2[nH]1)c1ccc(-c2cnc(Nc3ccccc3)nc2OCC2CCNCC2)cc1. The summed E-state index contributed by atoms with van der Waals surface area (Å²) in [6.45, 7) is 2.92. The molecule has 1 aliphatic heterocycles. The molecule has 2 aromatic heterocycles. The van der Waals surface area contributed by atoms with Gasteiger partial charge in [-0.15, -0.1) is 0 Å². The van der Waals surface area contributed by atoms with E-state index in [1.54, 1.807) is 18.3 Å². The highest BCUT2D eigenvalue weighted by atomic mass is 16.5. The van der Waals surface area contributed by atoms with Gasteiger partial charge in [-0.3, -0.25) is 4.79 Å². The Morgan fingerprint density at radius 3 is 2.50 bits per heavy atom. The number of ether oxygens (including phenoxy) is 1. The third-order valence-electron chi connectivity index (χ3n) is 7.01. The first kappa shape index (κ1) is 25.5. The molecule has 0 spiro atoms. The second kappa shape index (κ2) is 12.0. The fraction of sp³-hybridized carbons (Fsp3) is 0.226. The zero-order valence-corrected chi connectivity index (χ0v) is 22.1. The summed E-state index contributed by atoms with van der Waals surface area (Å²) in [5.74, 6) is 2.01. The zero-order valence-electron chi connectivity index (χ0n) is 22.1. The second-order valence-corrected chi connectivity index (χ2v) is 9.87. The summed E-state index contributed by atoms with van der Waals surface area (Å²) in [6.07, 6.45) is 3.92. The number of benzene rings is 3. The van der Waals surface area contributed by atoms with Crippen LogP contribution in [0.15, 0.2) is 85.1 Å². The topological polar surface area (TPSA) is 117 Å². The van der Waals surface area contributed by atoms with Gasteiger partial charge in [0, 0.05) is 17.4 Å². The van der Waals surface area contributed by atoms with Crippen LogP contribution < -0.4 is 20.7 Å². The number of rotatable bonds is 9. The summed E-state index contributed by atoms with van der Waals surface area (Å²) in [5, 5.41) is 9.58. The van der Waals surface area contributed by atoms with Gasteiger partial charge < -0.3 is 25.7 Å². The van der Waals surface area contributed by atoms with Crippen LogP contribution in [0.4, 0.5) is 11.6 Å². The quantitative estimate of drug-likeness (QED) is 0.209. The molecule has 0 aliphatic carbocycles. The fourth-order valence-electron chi connectivity index (χ4n) is 4.79. The van der Waals surface area contributed by atoms with Crippen molar-refractivity contribution in [1.82, 2.24) is 30.6 Å². The number of carbonyl (C=O) groups excluding carboxylic acids is 1. The van der Waals surface area contributed by atoms with E-state index >= 15 is 0 Å². The highest BCUT2D eigenvalue weighted by Gasteiger charge is 2.17. The largest absolute Gasteiger partial charge is 0.477 e. The number of amides is 1. The first-order valence-electron chi connectivity index (χ1n) is 13.6. The van der Waals surface area contributed by atoms with Gasteiger partial charge in [0.15, 0.2) is 0 Å². The molecule has 1 fully saturated rings. The molecule has 1 saturated heterocycles.